The van der Waals surface area contributed by atoms with Gasteiger partial charge in [-0.3, -0.25) is 14.9 Å². The number of benzene rings is 3. The highest BCUT2D eigenvalue weighted by atomic mass is 32.2. The molecule has 3 aromatic carbocycles. The van der Waals surface area contributed by atoms with Gasteiger partial charge in [0.2, 0.25) is 5.91 Å². The third-order valence-corrected chi connectivity index (χ3v) is 6.13. The number of aromatic nitrogens is 1. The average Bonchev–Trinajstić information content (AvgIpc) is 3.29. The second-order valence-electron chi connectivity index (χ2n) is 7.33. The van der Waals surface area contributed by atoms with Crippen LogP contribution in [0.3, 0.4) is 0 Å². The SMILES string of the molecule is CC.COCC(=O)Nc1cccc(SNCc2nc3ccccc3s2)c1.Cc1cccc(C)c1.N=CN. The van der Waals surface area contributed by atoms with E-state index < -0.39 is 0 Å². The van der Waals surface area contributed by atoms with Crippen molar-refractivity contribution < 1.29 is 9.53 Å². The monoisotopic (exact) mass is 539 g/mol. The summed E-state index contributed by atoms with van der Waals surface area (Å²) in [6, 6.07) is 24.2. The van der Waals surface area contributed by atoms with Crippen LogP contribution in [0.25, 0.3) is 10.2 Å². The van der Waals surface area contributed by atoms with E-state index in [-0.39, 0.29) is 12.5 Å². The topological polar surface area (TPSA) is 113 Å². The number of ether oxygens (including phenoxy) is 1. The number of thiazole rings is 1. The Labute approximate surface area is 228 Å². The third-order valence-electron chi connectivity index (χ3n) is 4.32. The number of carbonyl (C=O) groups is 1. The van der Waals surface area contributed by atoms with Crippen LogP contribution in [0.1, 0.15) is 30.0 Å². The Balaban J connectivity index is 0.000000437. The lowest BCUT2D eigenvalue weighted by molar-refractivity contribution is -0.119. The van der Waals surface area contributed by atoms with Crippen molar-refractivity contribution in [3.8, 4) is 0 Å². The van der Waals surface area contributed by atoms with Gasteiger partial charge in [-0.15, -0.1) is 11.3 Å². The molecule has 4 aromatic rings. The molecule has 0 saturated carbocycles. The molecule has 0 bridgehead atoms. The summed E-state index contributed by atoms with van der Waals surface area (Å²) in [6.07, 6.45) is 0.750. The van der Waals surface area contributed by atoms with Gasteiger partial charge in [-0.05, 0) is 56.1 Å². The normalized spacial score (nSPS) is 9.54. The molecule has 198 valence electrons. The third kappa shape index (κ3) is 13.0. The molecule has 0 saturated heterocycles. The van der Waals surface area contributed by atoms with Crippen LogP contribution in [0.4, 0.5) is 5.69 Å². The van der Waals surface area contributed by atoms with Gasteiger partial charge in [0.25, 0.3) is 0 Å². The molecule has 0 atom stereocenters. The van der Waals surface area contributed by atoms with Crippen molar-refractivity contribution in [2.24, 2.45) is 5.73 Å². The van der Waals surface area contributed by atoms with Gasteiger partial charge in [-0.1, -0.05) is 67.4 Å². The quantitative estimate of drug-likeness (QED) is 0.120. The van der Waals surface area contributed by atoms with Crippen molar-refractivity contribution in [3.05, 3.63) is 88.9 Å². The Hall–Kier alpha value is -3.24. The van der Waals surface area contributed by atoms with E-state index >= 15 is 0 Å². The number of amides is 1. The molecule has 0 spiro atoms. The number of hydrogen-bond donors (Lipinski definition) is 4. The lowest BCUT2D eigenvalue weighted by Gasteiger charge is -2.07. The highest BCUT2D eigenvalue weighted by molar-refractivity contribution is 7.97. The first-order valence-electron chi connectivity index (χ1n) is 11.8. The van der Waals surface area contributed by atoms with Gasteiger partial charge in [0.15, 0.2) is 0 Å². The lowest BCUT2D eigenvalue weighted by Crippen LogP contribution is -2.17. The highest BCUT2D eigenvalue weighted by Crippen LogP contribution is 2.23. The van der Waals surface area contributed by atoms with Crippen LogP contribution in [-0.2, 0) is 16.1 Å². The summed E-state index contributed by atoms with van der Waals surface area (Å²) >= 11 is 3.21. The van der Waals surface area contributed by atoms with E-state index in [0.717, 1.165) is 27.4 Å². The summed E-state index contributed by atoms with van der Waals surface area (Å²) < 4.78 is 9.32. The minimum Gasteiger partial charge on any atom is -0.390 e. The van der Waals surface area contributed by atoms with E-state index in [9.17, 15) is 4.79 Å². The fraction of sp³-hybridized carbons (Fsp3) is 0.250. The molecule has 4 rings (SSSR count). The van der Waals surface area contributed by atoms with E-state index in [1.54, 1.807) is 11.3 Å². The number of nitrogens with zero attached hydrogens (tertiary/aromatic N) is 1. The second kappa shape index (κ2) is 18.9. The molecular formula is C28H37N5O2S2. The number of anilines is 1. The lowest BCUT2D eigenvalue weighted by atomic mass is 10.2. The van der Waals surface area contributed by atoms with Gasteiger partial charge in [0.05, 0.1) is 23.1 Å². The molecule has 37 heavy (non-hydrogen) atoms. The minimum atomic E-state index is -0.165. The fourth-order valence-electron chi connectivity index (χ4n) is 2.95. The Morgan fingerprint density at radius 3 is 2.30 bits per heavy atom. The molecule has 1 aromatic heterocycles. The highest BCUT2D eigenvalue weighted by Gasteiger charge is 2.05. The minimum absolute atomic E-state index is 0.0488. The first-order valence-corrected chi connectivity index (χ1v) is 13.5. The van der Waals surface area contributed by atoms with Crippen LogP contribution in [0.5, 0.6) is 0 Å². The van der Waals surface area contributed by atoms with Crippen LogP contribution in [-0.4, -0.2) is 30.9 Å². The van der Waals surface area contributed by atoms with Crippen LogP contribution in [0.15, 0.2) is 77.7 Å². The molecule has 0 aliphatic carbocycles. The molecule has 0 aliphatic rings. The summed E-state index contributed by atoms with van der Waals surface area (Å²) in [4.78, 5) is 17.2. The van der Waals surface area contributed by atoms with E-state index in [2.05, 4.69) is 64.9 Å². The Kier molecular flexibility index (Phi) is 16.3. The van der Waals surface area contributed by atoms with Crippen molar-refractivity contribution >= 4 is 51.4 Å². The van der Waals surface area contributed by atoms with Crippen LogP contribution >= 0.6 is 23.3 Å². The molecule has 5 N–H and O–H groups in total. The van der Waals surface area contributed by atoms with Crippen molar-refractivity contribution in [2.75, 3.05) is 19.0 Å². The van der Waals surface area contributed by atoms with Crippen LogP contribution in [0, 0.1) is 19.3 Å². The molecular weight excluding hydrogens is 502 g/mol. The van der Waals surface area contributed by atoms with Crippen molar-refractivity contribution in [1.82, 2.24) is 9.71 Å². The van der Waals surface area contributed by atoms with E-state index in [1.165, 1.54) is 34.9 Å². The number of nitrogens with two attached hydrogens (primary N) is 1. The van der Waals surface area contributed by atoms with Gasteiger partial charge >= 0.3 is 0 Å². The maximum atomic E-state index is 11.5. The Morgan fingerprint density at radius 2 is 1.70 bits per heavy atom. The van der Waals surface area contributed by atoms with Gasteiger partial charge in [0, 0.05) is 17.7 Å². The number of rotatable bonds is 7. The summed E-state index contributed by atoms with van der Waals surface area (Å²) in [5, 5.41) is 9.70. The summed E-state index contributed by atoms with van der Waals surface area (Å²) in [5.41, 5.74) is 8.85. The standard InChI is InChI=1S/C17H17N3O2S2.C8H10.C2H6.CH4N2/c1-22-11-16(21)19-12-5-4-6-13(9-12)24-18-10-17-20-14-7-2-3-8-15(14)23-17;1-7-4-3-5-8(2)6-7;1-2;2-1-3/h2-9,18H,10-11H2,1H3,(H,19,21);3-6H,1-2H3;1-2H3;1H,(H3,2,3). The predicted octanol–water partition coefficient (Wildman–Crippen LogP) is 6.56. The second-order valence-corrected chi connectivity index (χ2v) is 9.41. The average molecular weight is 540 g/mol. The summed E-state index contributed by atoms with van der Waals surface area (Å²) in [7, 11) is 1.50. The predicted molar refractivity (Wildman–Crippen MR) is 159 cm³/mol. The van der Waals surface area contributed by atoms with Gasteiger partial charge < -0.3 is 15.8 Å². The molecule has 0 aliphatic heterocycles. The molecule has 0 radical (unpaired) electrons. The largest absolute Gasteiger partial charge is 0.390 e. The number of aryl methyl sites for hydroxylation is 2. The zero-order valence-electron chi connectivity index (χ0n) is 22.1. The van der Waals surface area contributed by atoms with Crippen LogP contribution < -0.4 is 15.8 Å². The number of nitrogens with one attached hydrogen (secondary N) is 3. The first kappa shape index (κ1) is 31.8. The van der Waals surface area contributed by atoms with E-state index in [0.29, 0.717) is 6.54 Å². The Morgan fingerprint density at radius 1 is 1.05 bits per heavy atom. The van der Waals surface area contributed by atoms with E-state index in [1.807, 2.05) is 56.3 Å². The smallest absolute Gasteiger partial charge is 0.250 e. The number of hydrogen-bond acceptors (Lipinski definition) is 7. The van der Waals surface area contributed by atoms with E-state index in [4.69, 9.17) is 10.1 Å². The zero-order valence-corrected chi connectivity index (χ0v) is 23.7. The Bertz CT molecular complexity index is 1160. The van der Waals surface area contributed by atoms with Crippen LogP contribution in [0.2, 0.25) is 0 Å². The van der Waals surface area contributed by atoms with Gasteiger partial charge in [0.1, 0.15) is 11.6 Å². The molecule has 1 amide bonds. The molecule has 9 heteroatoms. The van der Waals surface area contributed by atoms with Crippen molar-refractivity contribution in [1.29, 1.82) is 5.41 Å². The number of para-hydroxylation sites is 1. The van der Waals surface area contributed by atoms with Gasteiger partial charge in [-0.25, -0.2) is 4.98 Å². The fourth-order valence-corrected chi connectivity index (χ4v) is 4.66. The van der Waals surface area contributed by atoms with Crippen molar-refractivity contribution in [3.63, 3.8) is 0 Å². The molecule has 0 unspecified atom stereocenters. The maximum Gasteiger partial charge on any atom is 0.250 e. The molecule has 0 fully saturated rings. The number of fused-ring (bicyclic) bond motifs is 1. The summed E-state index contributed by atoms with van der Waals surface area (Å²) in [6.45, 7) is 8.94. The summed E-state index contributed by atoms with van der Waals surface area (Å²) in [5.74, 6) is -0.165. The van der Waals surface area contributed by atoms with Crippen molar-refractivity contribution in [2.45, 2.75) is 39.1 Å². The molecule has 7 nitrogen and oxygen atoms in total. The molecule has 1 heterocycles. The zero-order chi connectivity index (χ0) is 27.5. The van der Waals surface area contributed by atoms with Gasteiger partial charge in [-0.2, -0.15) is 0 Å². The number of methoxy groups -OCH3 is 1. The first-order chi connectivity index (χ1) is 17.9. The maximum absolute atomic E-state index is 11.5. The number of carbonyl (C=O) groups excluding carboxylic acids is 1.